The van der Waals surface area contributed by atoms with E-state index in [2.05, 4.69) is 5.32 Å². The molecule has 0 aromatic heterocycles. The molecule has 2 rings (SSSR count). The Bertz CT molecular complexity index is 589. The van der Waals surface area contributed by atoms with Gasteiger partial charge < -0.3 is 10.1 Å². The molecule has 1 unspecified atom stereocenters. The van der Waals surface area contributed by atoms with E-state index in [1.807, 2.05) is 0 Å². The normalized spacial score (nSPS) is 19.4. The molecule has 0 bridgehead atoms. The summed E-state index contributed by atoms with van der Waals surface area (Å²) in [6.07, 6.45) is 1.93. The van der Waals surface area contributed by atoms with Crippen LogP contribution < -0.4 is 5.32 Å². The second-order valence-electron chi connectivity index (χ2n) is 4.79. The fourth-order valence-corrected chi connectivity index (χ4v) is 3.05. The molecule has 1 fully saturated rings. The second kappa shape index (κ2) is 5.30. The Morgan fingerprint density at radius 3 is 2.74 bits per heavy atom. The molecular weight excluding hydrogens is 266 g/mol. The Hall–Kier alpha value is -1.40. The van der Waals surface area contributed by atoms with Crippen molar-refractivity contribution in [2.45, 2.75) is 24.3 Å². The maximum absolute atomic E-state index is 12.0. The fourth-order valence-electron chi connectivity index (χ4n) is 2.06. The minimum atomic E-state index is -3.32. The fraction of sp³-hybridized carbons (Fsp3) is 0.462. The molecule has 1 aliphatic heterocycles. The van der Waals surface area contributed by atoms with Crippen LogP contribution in [0.2, 0.25) is 0 Å². The summed E-state index contributed by atoms with van der Waals surface area (Å²) in [5.74, 6) is -0.264. The van der Waals surface area contributed by atoms with Crippen LogP contribution in [0.1, 0.15) is 22.3 Å². The summed E-state index contributed by atoms with van der Waals surface area (Å²) in [6.45, 7) is 2.87. The second-order valence-corrected chi connectivity index (χ2v) is 6.77. The van der Waals surface area contributed by atoms with Gasteiger partial charge in [0.15, 0.2) is 9.84 Å². The molecule has 1 atom stereocenters. The predicted octanol–water partition coefficient (Wildman–Crippen LogP) is 0.917. The zero-order valence-electron chi connectivity index (χ0n) is 11.0. The van der Waals surface area contributed by atoms with E-state index in [1.165, 1.54) is 6.07 Å². The van der Waals surface area contributed by atoms with Gasteiger partial charge in [0.05, 0.1) is 17.5 Å². The van der Waals surface area contributed by atoms with E-state index in [9.17, 15) is 13.2 Å². The molecule has 1 aliphatic rings. The van der Waals surface area contributed by atoms with Crippen LogP contribution in [0.25, 0.3) is 0 Å². The summed E-state index contributed by atoms with van der Waals surface area (Å²) in [4.78, 5) is 12.2. The summed E-state index contributed by atoms with van der Waals surface area (Å²) in [6, 6.07) is 4.72. The number of benzene rings is 1. The van der Waals surface area contributed by atoms with Gasteiger partial charge >= 0.3 is 0 Å². The number of hydrogen-bond donors (Lipinski definition) is 1. The monoisotopic (exact) mass is 283 g/mol. The first-order valence-corrected chi connectivity index (χ1v) is 7.96. The van der Waals surface area contributed by atoms with Crippen LogP contribution >= 0.6 is 0 Å². The van der Waals surface area contributed by atoms with Crippen molar-refractivity contribution in [3.63, 3.8) is 0 Å². The first kappa shape index (κ1) is 14.0. The molecule has 1 heterocycles. The van der Waals surface area contributed by atoms with Crippen molar-refractivity contribution in [2.75, 3.05) is 19.5 Å². The third kappa shape index (κ3) is 3.33. The smallest absolute Gasteiger partial charge is 0.251 e. The minimum Gasteiger partial charge on any atom is -0.379 e. The number of rotatable bonds is 3. The average Bonchev–Trinajstić information content (AvgIpc) is 2.80. The lowest BCUT2D eigenvalue weighted by Crippen LogP contribution is -2.35. The summed E-state index contributed by atoms with van der Waals surface area (Å²) in [7, 11) is -3.32. The van der Waals surface area contributed by atoms with Gasteiger partial charge in [0, 0.05) is 18.4 Å². The highest BCUT2D eigenvalue weighted by Crippen LogP contribution is 2.17. The average molecular weight is 283 g/mol. The SMILES string of the molecule is Cc1ccc(C(=O)NC2CCOC2)cc1S(C)(=O)=O. The van der Waals surface area contributed by atoms with E-state index in [0.717, 1.165) is 12.7 Å². The Balaban J connectivity index is 2.23. The van der Waals surface area contributed by atoms with Crippen LogP contribution in [-0.4, -0.2) is 39.8 Å². The quantitative estimate of drug-likeness (QED) is 0.895. The molecule has 5 nitrogen and oxygen atoms in total. The third-order valence-corrected chi connectivity index (χ3v) is 4.35. The molecule has 1 aromatic rings. The van der Waals surface area contributed by atoms with Crippen molar-refractivity contribution in [3.8, 4) is 0 Å². The first-order chi connectivity index (χ1) is 8.88. The summed E-state index contributed by atoms with van der Waals surface area (Å²) < 4.78 is 28.4. The number of amides is 1. The van der Waals surface area contributed by atoms with E-state index < -0.39 is 9.84 Å². The van der Waals surface area contributed by atoms with Crippen molar-refractivity contribution in [3.05, 3.63) is 29.3 Å². The maximum Gasteiger partial charge on any atom is 0.251 e. The number of ether oxygens (including phenoxy) is 1. The summed E-state index contributed by atoms with van der Waals surface area (Å²) in [5.41, 5.74) is 1.00. The number of carbonyl (C=O) groups excluding carboxylic acids is 1. The minimum absolute atomic E-state index is 0.00971. The van der Waals surface area contributed by atoms with Gasteiger partial charge in [-0.1, -0.05) is 6.07 Å². The van der Waals surface area contributed by atoms with Crippen LogP contribution in [0, 0.1) is 6.92 Å². The van der Waals surface area contributed by atoms with Gasteiger partial charge in [-0.15, -0.1) is 0 Å². The molecule has 1 N–H and O–H groups in total. The Kier molecular flexibility index (Phi) is 3.91. The number of carbonyl (C=O) groups is 1. The van der Waals surface area contributed by atoms with Crippen molar-refractivity contribution >= 4 is 15.7 Å². The zero-order chi connectivity index (χ0) is 14.0. The van der Waals surface area contributed by atoms with Crippen LogP contribution in [0.15, 0.2) is 23.1 Å². The molecule has 6 heteroatoms. The molecule has 1 amide bonds. The standard InChI is InChI=1S/C13H17NO4S/c1-9-3-4-10(7-12(9)19(2,16)17)13(15)14-11-5-6-18-8-11/h3-4,7,11H,5-6,8H2,1-2H3,(H,14,15). The number of hydrogen-bond acceptors (Lipinski definition) is 4. The highest BCUT2D eigenvalue weighted by atomic mass is 32.2. The lowest BCUT2D eigenvalue weighted by molar-refractivity contribution is 0.0929. The molecule has 1 saturated heterocycles. The van der Waals surface area contributed by atoms with Crippen LogP contribution in [0.4, 0.5) is 0 Å². The number of aryl methyl sites for hydroxylation is 1. The van der Waals surface area contributed by atoms with Gasteiger partial charge in [-0.3, -0.25) is 4.79 Å². The summed E-state index contributed by atoms with van der Waals surface area (Å²) in [5, 5.41) is 2.83. The van der Waals surface area contributed by atoms with E-state index in [-0.39, 0.29) is 16.8 Å². The van der Waals surface area contributed by atoms with Gasteiger partial charge in [0.1, 0.15) is 0 Å². The van der Waals surface area contributed by atoms with Gasteiger partial charge in [0.2, 0.25) is 0 Å². The molecule has 0 radical (unpaired) electrons. The molecule has 0 saturated carbocycles. The molecule has 1 aromatic carbocycles. The summed E-state index contributed by atoms with van der Waals surface area (Å²) >= 11 is 0. The Labute approximate surface area is 112 Å². The van der Waals surface area contributed by atoms with Crippen molar-refractivity contribution in [1.29, 1.82) is 0 Å². The van der Waals surface area contributed by atoms with Crippen LogP contribution in [0.3, 0.4) is 0 Å². The molecule has 19 heavy (non-hydrogen) atoms. The molecular formula is C13H17NO4S. The van der Waals surface area contributed by atoms with Gasteiger partial charge in [-0.05, 0) is 31.0 Å². The largest absolute Gasteiger partial charge is 0.379 e. The Morgan fingerprint density at radius 2 is 2.16 bits per heavy atom. The van der Waals surface area contributed by atoms with Crippen LogP contribution in [0.5, 0.6) is 0 Å². The maximum atomic E-state index is 12.0. The van der Waals surface area contributed by atoms with Crippen molar-refractivity contribution < 1.29 is 17.9 Å². The van der Waals surface area contributed by atoms with Gasteiger partial charge in [0.25, 0.3) is 5.91 Å². The van der Waals surface area contributed by atoms with Crippen LogP contribution in [-0.2, 0) is 14.6 Å². The number of nitrogens with one attached hydrogen (secondary N) is 1. The first-order valence-electron chi connectivity index (χ1n) is 6.07. The van der Waals surface area contributed by atoms with Gasteiger partial charge in [-0.2, -0.15) is 0 Å². The van der Waals surface area contributed by atoms with E-state index in [4.69, 9.17) is 4.74 Å². The lowest BCUT2D eigenvalue weighted by atomic mass is 10.1. The molecule has 0 aliphatic carbocycles. The van der Waals surface area contributed by atoms with Gasteiger partial charge in [-0.25, -0.2) is 8.42 Å². The van der Waals surface area contributed by atoms with E-state index >= 15 is 0 Å². The highest BCUT2D eigenvalue weighted by molar-refractivity contribution is 7.90. The zero-order valence-corrected chi connectivity index (χ0v) is 11.8. The molecule has 0 spiro atoms. The van der Waals surface area contributed by atoms with Crippen molar-refractivity contribution in [1.82, 2.24) is 5.32 Å². The molecule has 104 valence electrons. The van der Waals surface area contributed by atoms with Crippen molar-refractivity contribution in [2.24, 2.45) is 0 Å². The third-order valence-electron chi connectivity index (χ3n) is 3.11. The number of sulfone groups is 1. The lowest BCUT2D eigenvalue weighted by Gasteiger charge is -2.12. The Morgan fingerprint density at radius 1 is 1.42 bits per heavy atom. The van der Waals surface area contributed by atoms with E-state index in [0.29, 0.717) is 24.3 Å². The highest BCUT2D eigenvalue weighted by Gasteiger charge is 2.20. The van der Waals surface area contributed by atoms with E-state index in [1.54, 1.807) is 19.1 Å². The topological polar surface area (TPSA) is 72.5 Å². The predicted molar refractivity (Wildman–Crippen MR) is 71.0 cm³/mol.